The Morgan fingerprint density at radius 1 is 1.07 bits per heavy atom. The summed E-state index contributed by atoms with van der Waals surface area (Å²) in [5.41, 5.74) is 1.04. The number of pyridine rings is 1. The van der Waals surface area contributed by atoms with Crippen molar-refractivity contribution in [2.45, 2.75) is 24.3 Å². The molecular weight excluding hydrogens is 364 g/mol. The van der Waals surface area contributed by atoms with Gasteiger partial charge in [0.05, 0.1) is 0 Å². The van der Waals surface area contributed by atoms with Crippen LogP contribution in [0.1, 0.15) is 18.4 Å². The molecule has 1 fully saturated rings. The van der Waals surface area contributed by atoms with Gasteiger partial charge in [0.25, 0.3) is 0 Å². The van der Waals surface area contributed by atoms with E-state index >= 15 is 0 Å². The summed E-state index contributed by atoms with van der Waals surface area (Å²) in [4.78, 5) is 16.0. The molecule has 1 aromatic carbocycles. The number of carbonyl (C=O) groups excluding carboxylic acids is 1. The first kappa shape index (κ1) is 19.3. The summed E-state index contributed by atoms with van der Waals surface area (Å²) >= 11 is 0. The van der Waals surface area contributed by atoms with E-state index in [0.29, 0.717) is 26.2 Å². The predicted molar refractivity (Wildman–Crippen MR) is 102 cm³/mol. The standard InChI is InChI=1S/C19H24N4O3S/c24-19(21-13-16-5-2-1-3-6-16)22-14-17-8-11-23(12-9-17)27(25,26)18-7-4-10-20-15-18/h1-7,10,15,17H,8-9,11-14H2,(H2,21,22,24). The number of hydrogen-bond donors (Lipinski definition) is 2. The van der Waals surface area contributed by atoms with E-state index in [-0.39, 0.29) is 16.8 Å². The quantitative estimate of drug-likeness (QED) is 0.792. The molecule has 1 aromatic heterocycles. The minimum absolute atomic E-state index is 0.204. The summed E-state index contributed by atoms with van der Waals surface area (Å²) in [6.45, 7) is 1.93. The largest absolute Gasteiger partial charge is 0.338 e. The van der Waals surface area contributed by atoms with Crippen LogP contribution in [0.3, 0.4) is 0 Å². The molecule has 0 radical (unpaired) electrons. The Balaban J connectivity index is 1.41. The van der Waals surface area contributed by atoms with Gasteiger partial charge >= 0.3 is 6.03 Å². The molecule has 0 aliphatic carbocycles. The number of carbonyl (C=O) groups is 1. The van der Waals surface area contributed by atoms with E-state index in [1.807, 2.05) is 30.3 Å². The van der Waals surface area contributed by atoms with E-state index in [4.69, 9.17) is 0 Å². The number of sulfonamides is 1. The zero-order chi connectivity index (χ0) is 19.1. The van der Waals surface area contributed by atoms with E-state index in [2.05, 4.69) is 15.6 Å². The van der Waals surface area contributed by atoms with E-state index in [9.17, 15) is 13.2 Å². The van der Waals surface area contributed by atoms with Crippen molar-refractivity contribution in [3.63, 3.8) is 0 Å². The Morgan fingerprint density at radius 2 is 1.81 bits per heavy atom. The monoisotopic (exact) mass is 388 g/mol. The fourth-order valence-electron chi connectivity index (χ4n) is 3.08. The number of nitrogens with zero attached hydrogens (tertiary/aromatic N) is 2. The van der Waals surface area contributed by atoms with Gasteiger partial charge in [-0.05, 0) is 36.5 Å². The number of amides is 2. The summed E-state index contributed by atoms with van der Waals surface area (Å²) in [5.74, 6) is 0.271. The van der Waals surface area contributed by atoms with Gasteiger partial charge in [-0.3, -0.25) is 4.98 Å². The van der Waals surface area contributed by atoms with Crippen molar-refractivity contribution in [1.82, 2.24) is 19.9 Å². The Bertz CT molecular complexity index is 836. The summed E-state index contributed by atoms with van der Waals surface area (Å²) in [6.07, 6.45) is 4.37. The fourth-order valence-corrected chi connectivity index (χ4v) is 4.51. The van der Waals surface area contributed by atoms with Crippen molar-refractivity contribution in [3.8, 4) is 0 Å². The van der Waals surface area contributed by atoms with E-state index < -0.39 is 10.0 Å². The van der Waals surface area contributed by atoms with Crippen LogP contribution in [0.15, 0.2) is 59.8 Å². The number of benzene rings is 1. The van der Waals surface area contributed by atoms with E-state index in [1.54, 1.807) is 18.3 Å². The Labute approximate surface area is 159 Å². The molecule has 2 aromatic rings. The minimum atomic E-state index is -3.48. The maximum Gasteiger partial charge on any atom is 0.315 e. The molecule has 0 saturated carbocycles. The van der Waals surface area contributed by atoms with Gasteiger partial charge < -0.3 is 10.6 Å². The Hall–Kier alpha value is -2.45. The third kappa shape index (κ3) is 5.27. The highest BCUT2D eigenvalue weighted by atomic mass is 32.2. The molecule has 8 heteroatoms. The molecule has 3 rings (SSSR count). The lowest BCUT2D eigenvalue weighted by molar-refractivity contribution is 0.230. The van der Waals surface area contributed by atoms with Crippen molar-refractivity contribution < 1.29 is 13.2 Å². The number of nitrogens with one attached hydrogen (secondary N) is 2. The van der Waals surface area contributed by atoms with Crippen molar-refractivity contribution >= 4 is 16.1 Å². The normalized spacial score (nSPS) is 16.0. The number of hydrogen-bond acceptors (Lipinski definition) is 4. The summed E-state index contributed by atoms with van der Waals surface area (Å²) in [5, 5.41) is 5.71. The van der Waals surface area contributed by atoms with Gasteiger partial charge in [-0.1, -0.05) is 30.3 Å². The highest BCUT2D eigenvalue weighted by Gasteiger charge is 2.29. The molecule has 27 heavy (non-hydrogen) atoms. The van der Waals surface area contributed by atoms with Crippen molar-refractivity contribution in [2.75, 3.05) is 19.6 Å². The molecule has 144 valence electrons. The van der Waals surface area contributed by atoms with Gasteiger partial charge in [-0.2, -0.15) is 4.31 Å². The SMILES string of the molecule is O=C(NCc1ccccc1)NCC1CCN(S(=O)(=O)c2cccnc2)CC1. The second kappa shape index (κ2) is 8.96. The number of aromatic nitrogens is 1. The number of urea groups is 1. The van der Waals surface area contributed by atoms with Crippen LogP contribution in [0, 0.1) is 5.92 Å². The Kier molecular flexibility index (Phi) is 6.41. The van der Waals surface area contributed by atoms with Crippen LogP contribution in [0.25, 0.3) is 0 Å². The summed E-state index contributed by atoms with van der Waals surface area (Å²) < 4.78 is 26.7. The van der Waals surface area contributed by atoms with E-state index in [1.165, 1.54) is 10.5 Å². The third-order valence-corrected chi connectivity index (χ3v) is 6.58. The average molecular weight is 388 g/mol. The van der Waals surface area contributed by atoms with Gasteiger partial charge in [0.15, 0.2) is 0 Å². The first-order chi connectivity index (χ1) is 13.1. The van der Waals surface area contributed by atoms with Crippen LogP contribution in [0.4, 0.5) is 4.79 Å². The molecule has 1 saturated heterocycles. The average Bonchev–Trinajstić information content (AvgIpc) is 2.72. The van der Waals surface area contributed by atoms with Crippen LogP contribution < -0.4 is 10.6 Å². The maximum absolute atomic E-state index is 12.6. The predicted octanol–water partition coefficient (Wildman–Crippen LogP) is 1.98. The number of rotatable bonds is 6. The smallest absolute Gasteiger partial charge is 0.315 e. The molecule has 2 heterocycles. The lowest BCUT2D eigenvalue weighted by Gasteiger charge is -2.31. The molecule has 0 unspecified atom stereocenters. The van der Waals surface area contributed by atoms with Crippen LogP contribution in [-0.2, 0) is 16.6 Å². The van der Waals surface area contributed by atoms with Crippen molar-refractivity contribution in [1.29, 1.82) is 0 Å². The lowest BCUT2D eigenvalue weighted by Crippen LogP contribution is -2.43. The fraction of sp³-hybridized carbons (Fsp3) is 0.368. The van der Waals surface area contributed by atoms with Crippen LogP contribution >= 0.6 is 0 Å². The molecule has 0 bridgehead atoms. The minimum Gasteiger partial charge on any atom is -0.338 e. The topological polar surface area (TPSA) is 91.4 Å². The first-order valence-electron chi connectivity index (χ1n) is 9.01. The number of piperidine rings is 1. The van der Waals surface area contributed by atoms with Gasteiger partial charge in [-0.25, -0.2) is 13.2 Å². The Morgan fingerprint density at radius 3 is 2.48 bits per heavy atom. The van der Waals surface area contributed by atoms with Gasteiger partial charge in [0.2, 0.25) is 10.0 Å². The molecule has 0 atom stereocenters. The summed E-state index contributed by atoms with van der Waals surface area (Å²) in [7, 11) is -3.48. The van der Waals surface area contributed by atoms with Crippen molar-refractivity contribution in [2.24, 2.45) is 5.92 Å². The zero-order valence-corrected chi connectivity index (χ0v) is 15.9. The van der Waals surface area contributed by atoms with Gasteiger partial charge in [0, 0.05) is 38.6 Å². The maximum atomic E-state index is 12.6. The molecule has 2 amide bonds. The molecule has 7 nitrogen and oxygen atoms in total. The zero-order valence-electron chi connectivity index (χ0n) is 15.0. The highest BCUT2D eigenvalue weighted by molar-refractivity contribution is 7.89. The third-order valence-electron chi connectivity index (χ3n) is 4.69. The lowest BCUT2D eigenvalue weighted by atomic mass is 9.98. The molecular formula is C19H24N4O3S. The van der Waals surface area contributed by atoms with Gasteiger partial charge in [0.1, 0.15) is 4.90 Å². The van der Waals surface area contributed by atoms with Crippen molar-refractivity contribution in [3.05, 3.63) is 60.4 Å². The summed E-state index contributed by atoms with van der Waals surface area (Å²) in [6, 6.07) is 12.7. The second-order valence-corrected chi connectivity index (χ2v) is 8.52. The molecule has 1 aliphatic rings. The molecule has 1 aliphatic heterocycles. The molecule has 2 N–H and O–H groups in total. The van der Waals surface area contributed by atoms with Gasteiger partial charge in [-0.15, -0.1) is 0 Å². The second-order valence-electron chi connectivity index (χ2n) is 6.59. The van der Waals surface area contributed by atoms with Crippen LogP contribution in [0.2, 0.25) is 0 Å². The van der Waals surface area contributed by atoms with Crippen LogP contribution in [-0.4, -0.2) is 43.4 Å². The first-order valence-corrected chi connectivity index (χ1v) is 10.5. The highest BCUT2D eigenvalue weighted by Crippen LogP contribution is 2.22. The van der Waals surface area contributed by atoms with E-state index in [0.717, 1.165) is 18.4 Å². The molecule has 0 spiro atoms. The van der Waals surface area contributed by atoms with Crippen LogP contribution in [0.5, 0.6) is 0 Å².